The minimum Gasteiger partial charge on any atom is -0.494 e. The van der Waals surface area contributed by atoms with E-state index in [4.69, 9.17) is 9.16 Å². The zero-order valence-corrected chi connectivity index (χ0v) is 23.8. The molecule has 1 atom stereocenters. The number of aromatic nitrogens is 1. The summed E-state index contributed by atoms with van der Waals surface area (Å²) in [6, 6.07) is 6.13. The first-order valence-electron chi connectivity index (χ1n) is 12.7. The number of hydrogen-bond acceptors (Lipinski definition) is 5. The van der Waals surface area contributed by atoms with E-state index < -0.39 is 19.7 Å². The number of hydrogen-bond donors (Lipinski definition) is 1. The van der Waals surface area contributed by atoms with Crippen molar-refractivity contribution in [3.05, 3.63) is 50.6 Å². The van der Waals surface area contributed by atoms with Gasteiger partial charge in [-0.05, 0) is 74.0 Å². The van der Waals surface area contributed by atoms with Gasteiger partial charge in [0.05, 0.1) is 18.0 Å². The molecule has 0 aliphatic heterocycles. The second-order valence-electron chi connectivity index (χ2n) is 11.7. The lowest BCUT2D eigenvalue weighted by molar-refractivity contribution is 0.0694. The number of pyridine rings is 1. The van der Waals surface area contributed by atoms with Crippen molar-refractivity contribution in [2.45, 2.75) is 83.2 Å². The second-order valence-corrected chi connectivity index (χ2v) is 17.6. The van der Waals surface area contributed by atoms with Gasteiger partial charge in [0.15, 0.2) is 14.1 Å². The third kappa shape index (κ3) is 4.33. The number of aromatic carboxylic acids is 1. The maximum absolute atomic E-state index is 13.0. The summed E-state index contributed by atoms with van der Waals surface area (Å²) in [5.41, 5.74) is 2.33. The van der Waals surface area contributed by atoms with Crippen molar-refractivity contribution in [1.82, 2.24) is 4.57 Å². The fraction of sp³-hybridized carbons (Fsp3) is 0.500. The SMILES string of the molecule is COc1c(-c2cc3c(s2)CCC(O[Si](C)(C)C(C)(C)C)C3)ccc2c(=O)c(C(=O)O)cn(C3CC3)c12. The van der Waals surface area contributed by atoms with E-state index >= 15 is 0 Å². The summed E-state index contributed by atoms with van der Waals surface area (Å²) in [6.07, 6.45) is 6.63. The third-order valence-electron chi connectivity index (χ3n) is 8.09. The fourth-order valence-electron chi connectivity index (χ4n) is 4.93. The largest absolute Gasteiger partial charge is 0.494 e. The summed E-state index contributed by atoms with van der Waals surface area (Å²) >= 11 is 1.79. The molecule has 2 aliphatic rings. The number of rotatable bonds is 6. The number of benzene rings is 1. The Kier molecular flexibility index (Phi) is 6.21. The molecule has 1 saturated carbocycles. The van der Waals surface area contributed by atoms with Crippen LogP contribution in [0.5, 0.6) is 5.75 Å². The molecule has 1 unspecified atom stereocenters. The molecule has 1 N–H and O–H groups in total. The molecule has 0 amide bonds. The van der Waals surface area contributed by atoms with Gasteiger partial charge >= 0.3 is 5.97 Å². The Bertz CT molecular complexity index is 1410. The van der Waals surface area contributed by atoms with E-state index in [1.807, 2.05) is 10.6 Å². The van der Waals surface area contributed by atoms with Crippen LogP contribution in [0.15, 0.2) is 29.2 Å². The number of thiophene rings is 1. The van der Waals surface area contributed by atoms with E-state index in [0.29, 0.717) is 16.7 Å². The summed E-state index contributed by atoms with van der Waals surface area (Å²) in [7, 11) is -0.209. The number of nitrogens with zero attached hydrogens (tertiary/aromatic N) is 1. The second kappa shape index (κ2) is 8.85. The van der Waals surface area contributed by atoms with Gasteiger partial charge in [0.2, 0.25) is 5.43 Å². The first-order valence-corrected chi connectivity index (χ1v) is 16.4. The van der Waals surface area contributed by atoms with Crippen LogP contribution in [0, 0.1) is 0 Å². The number of carboxylic acids is 1. The maximum Gasteiger partial charge on any atom is 0.341 e. The average molecular weight is 526 g/mol. The van der Waals surface area contributed by atoms with Crippen LogP contribution in [0.25, 0.3) is 21.3 Å². The number of methoxy groups -OCH3 is 1. The van der Waals surface area contributed by atoms with Gasteiger partial charge in [-0.3, -0.25) is 4.79 Å². The normalized spacial score (nSPS) is 18.3. The van der Waals surface area contributed by atoms with Gasteiger partial charge in [-0.2, -0.15) is 0 Å². The molecule has 0 bridgehead atoms. The Labute approximate surface area is 217 Å². The predicted octanol–water partition coefficient (Wildman–Crippen LogP) is 6.65. The molecule has 6 nitrogen and oxygen atoms in total. The van der Waals surface area contributed by atoms with Crippen molar-refractivity contribution in [2.24, 2.45) is 0 Å². The van der Waals surface area contributed by atoms with Crippen LogP contribution < -0.4 is 10.2 Å². The molecule has 5 rings (SSSR count). The zero-order valence-electron chi connectivity index (χ0n) is 21.9. The molecule has 2 heterocycles. The Morgan fingerprint density at radius 3 is 2.53 bits per heavy atom. The number of aryl methyl sites for hydroxylation is 1. The number of fused-ring (bicyclic) bond motifs is 2. The van der Waals surface area contributed by atoms with Gasteiger partial charge in [-0.1, -0.05) is 20.8 Å². The molecule has 0 saturated heterocycles. The molecule has 0 radical (unpaired) electrons. The standard InChI is InChI=1S/C28H35NO5SSi/c1-28(2,3)36(5,6)34-18-9-12-22-16(13-18)14-23(35-22)19-10-11-20-24(26(19)33-4)29(17-7-8-17)15-21(25(20)30)27(31)32/h10-11,14-15,17-18H,7-9,12-13H2,1-6H3,(H,31,32). The van der Waals surface area contributed by atoms with Crippen LogP contribution in [0.1, 0.15) is 66.9 Å². The van der Waals surface area contributed by atoms with E-state index in [1.54, 1.807) is 24.5 Å². The lowest BCUT2D eigenvalue weighted by atomic mass is 9.96. The summed E-state index contributed by atoms with van der Waals surface area (Å²) in [5.74, 6) is -0.555. The fourth-order valence-corrected chi connectivity index (χ4v) is 7.55. The van der Waals surface area contributed by atoms with Gasteiger partial charge in [0.1, 0.15) is 5.56 Å². The average Bonchev–Trinajstić information content (AvgIpc) is 3.56. The van der Waals surface area contributed by atoms with Crippen LogP contribution in [0.2, 0.25) is 18.1 Å². The van der Waals surface area contributed by atoms with Crippen LogP contribution in [0.3, 0.4) is 0 Å². The minimum atomic E-state index is -1.84. The molecule has 2 aliphatic carbocycles. The molecular weight excluding hydrogens is 490 g/mol. The quantitative estimate of drug-likeness (QED) is 0.365. The van der Waals surface area contributed by atoms with Crippen LogP contribution in [-0.4, -0.2) is 37.2 Å². The lowest BCUT2D eigenvalue weighted by Gasteiger charge is -2.40. The van der Waals surface area contributed by atoms with Crippen LogP contribution in [-0.2, 0) is 17.3 Å². The van der Waals surface area contributed by atoms with Crippen molar-refractivity contribution in [3.63, 3.8) is 0 Å². The first-order chi connectivity index (χ1) is 16.9. The Hall–Kier alpha value is -2.42. The van der Waals surface area contributed by atoms with Crippen molar-refractivity contribution in [1.29, 1.82) is 0 Å². The zero-order chi connectivity index (χ0) is 26.0. The molecule has 1 aromatic carbocycles. The lowest BCUT2D eigenvalue weighted by Crippen LogP contribution is -2.45. The minimum absolute atomic E-state index is 0.184. The van der Waals surface area contributed by atoms with Crippen LogP contribution in [0.4, 0.5) is 0 Å². The molecule has 192 valence electrons. The number of carboxylic acid groups (broad SMARTS) is 1. The molecule has 0 spiro atoms. The molecule has 2 aromatic heterocycles. The summed E-state index contributed by atoms with van der Waals surface area (Å²) in [5, 5.41) is 10.2. The maximum atomic E-state index is 13.0. The monoisotopic (exact) mass is 525 g/mol. The van der Waals surface area contributed by atoms with Gasteiger partial charge in [0.25, 0.3) is 0 Å². The van der Waals surface area contributed by atoms with Crippen molar-refractivity contribution >= 4 is 36.5 Å². The number of ether oxygens (including phenoxy) is 1. The first kappa shape index (κ1) is 25.2. The highest BCUT2D eigenvalue weighted by Gasteiger charge is 2.40. The highest BCUT2D eigenvalue weighted by molar-refractivity contribution is 7.15. The molecule has 8 heteroatoms. The van der Waals surface area contributed by atoms with Crippen LogP contribution >= 0.6 is 11.3 Å². The highest BCUT2D eigenvalue weighted by atomic mass is 32.1. The van der Waals surface area contributed by atoms with E-state index in [1.165, 1.54) is 16.6 Å². The van der Waals surface area contributed by atoms with Gasteiger partial charge < -0.3 is 18.8 Å². The number of carbonyl (C=O) groups is 1. The van der Waals surface area contributed by atoms with E-state index in [2.05, 4.69) is 39.9 Å². The van der Waals surface area contributed by atoms with Crippen molar-refractivity contribution in [2.75, 3.05) is 7.11 Å². The Morgan fingerprint density at radius 1 is 1.19 bits per heavy atom. The summed E-state index contributed by atoms with van der Waals surface area (Å²) in [6.45, 7) is 11.5. The van der Waals surface area contributed by atoms with E-state index in [-0.39, 0.29) is 22.7 Å². The Morgan fingerprint density at radius 2 is 1.92 bits per heavy atom. The van der Waals surface area contributed by atoms with Gasteiger partial charge in [-0.15, -0.1) is 11.3 Å². The highest BCUT2D eigenvalue weighted by Crippen LogP contribution is 2.46. The van der Waals surface area contributed by atoms with Gasteiger partial charge in [-0.25, -0.2) is 4.79 Å². The Balaban J connectivity index is 1.55. The third-order valence-corrected chi connectivity index (χ3v) is 13.9. The molecule has 1 fully saturated rings. The van der Waals surface area contributed by atoms with E-state index in [0.717, 1.165) is 42.5 Å². The molecule has 3 aromatic rings. The van der Waals surface area contributed by atoms with Gasteiger partial charge in [0, 0.05) is 33.7 Å². The van der Waals surface area contributed by atoms with E-state index in [9.17, 15) is 14.7 Å². The van der Waals surface area contributed by atoms with Crippen molar-refractivity contribution in [3.8, 4) is 16.2 Å². The smallest absolute Gasteiger partial charge is 0.341 e. The molecular formula is C28H35NO5SSi. The summed E-state index contributed by atoms with van der Waals surface area (Å²) < 4.78 is 14.6. The molecule has 36 heavy (non-hydrogen) atoms. The topological polar surface area (TPSA) is 77.8 Å². The summed E-state index contributed by atoms with van der Waals surface area (Å²) in [4.78, 5) is 27.2. The van der Waals surface area contributed by atoms with Crippen molar-refractivity contribution < 1.29 is 19.1 Å². The predicted molar refractivity (Wildman–Crippen MR) is 147 cm³/mol.